The van der Waals surface area contributed by atoms with E-state index in [0.717, 1.165) is 29.3 Å². The SMILES string of the molecule is O=C(NCC1(c2ccc(Cl)cc2)CCOCC1)c1ccc(CSc2ncn[nH]2)cc1. The number of thioether (sulfide) groups is 1. The number of ether oxygens (including phenoxy) is 1. The van der Waals surface area contributed by atoms with Crippen LogP contribution in [0.1, 0.15) is 34.3 Å². The van der Waals surface area contributed by atoms with Crippen molar-refractivity contribution < 1.29 is 9.53 Å². The van der Waals surface area contributed by atoms with E-state index in [-0.39, 0.29) is 11.3 Å². The summed E-state index contributed by atoms with van der Waals surface area (Å²) in [5.74, 6) is 0.695. The summed E-state index contributed by atoms with van der Waals surface area (Å²) in [6.45, 7) is 1.95. The number of benzene rings is 2. The van der Waals surface area contributed by atoms with Crippen molar-refractivity contribution in [3.05, 3.63) is 76.6 Å². The molecule has 1 aliphatic rings. The standard InChI is InChI=1S/C22H23ClN4O2S/c23-19-7-5-18(6-8-19)22(9-11-29-12-10-22)14-24-20(28)17-3-1-16(2-4-17)13-30-21-25-15-26-27-21/h1-8,15H,9-14H2,(H,24,28)(H,25,26,27). The Bertz CT molecular complexity index is 956. The van der Waals surface area contributed by atoms with Crippen molar-refractivity contribution in [1.29, 1.82) is 0 Å². The van der Waals surface area contributed by atoms with Crippen LogP contribution in [-0.2, 0) is 15.9 Å². The van der Waals surface area contributed by atoms with E-state index in [2.05, 4.69) is 32.6 Å². The number of hydrogen-bond donors (Lipinski definition) is 2. The number of carbonyl (C=O) groups is 1. The second kappa shape index (κ2) is 9.64. The predicted octanol–water partition coefficient (Wildman–Crippen LogP) is 4.23. The fourth-order valence-corrected chi connectivity index (χ4v) is 4.51. The highest BCUT2D eigenvalue weighted by molar-refractivity contribution is 7.98. The molecule has 0 atom stereocenters. The summed E-state index contributed by atoms with van der Waals surface area (Å²) in [5, 5.41) is 11.3. The van der Waals surface area contributed by atoms with E-state index in [1.54, 1.807) is 11.8 Å². The van der Waals surface area contributed by atoms with Crippen LogP contribution in [0, 0.1) is 0 Å². The van der Waals surface area contributed by atoms with Gasteiger partial charge in [-0.15, -0.1) is 0 Å². The van der Waals surface area contributed by atoms with Gasteiger partial charge in [0.1, 0.15) is 6.33 Å². The van der Waals surface area contributed by atoms with Gasteiger partial charge in [-0.05, 0) is 48.2 Å². The Hall–Kier alpha value is -2.35. The first-order valence-electron chi connectivity index (χ1n) is 9.84. The van der Waals surface area contributed by atoms with Crippen molar-refractivity contribution in [2.75, 3.05) is 19.8 Å². The van der Waals surface area contributed by atoms with Crippen LogP contribution >= 0.6 is 23.4 Å². The molecular weight excluding hydrogens is 420 g/mol. The van der Waals surface area contributed by atoms with Gasteiger partial charge in [-0.3, -0.25) is 9.89 Å². The minimum absolute atomic E-state index is 0.0655. The van der Waals surface area contributed by atoms with Gasteiger partial charge < -0.3 is 10.1 Å². The van der Waals surface area contributed by atoms with Crippen LogP contribution in [0.2, 0.25) is 5.02 Å². The van der Waals surface area contributed by atoms with Gasteiger partial charge in [-0.25, -0.2) is 4.98 Å². The molecule has 1 aliphatic heterocycles. The van der Waals surface area contributed by atoms with Crippen molar-refractivity contribution in [2.45, 2.75) is 29.2 Å². The van der Waals surface area contributed by atoms with Crippen LogP contribution in [0.4, 0.5) is 0 Å². The maximum Gasteiger partial charge on any atom is 0.251 e. The number of aromatic nitrogens is 3. The second-order valence-electron chi connectivity index (χ2n) is 7.36. The van der Waals surface area contributed by atoms with Gasteiger partial charge in [0, 0.05) is 41.5 Å². The van der Waals surface area contributed by atoms with Gasteiger partial charge in [0.15, 0.2) is 5.16 Å². The average Bonchev–Trinajstić information content (AvgIpc) is 3.31. The number of rotatable bonds is 7. The molecule has 0 bridgehead atoms. The largest absolute Gasteiger partial charge is 0.381 e. The lowest BCUT2D eigenvalue weighted by Gasteiger charge is -2.38. The van der Waals surface area contributed by atoms with E-state index < -0.39 is 0 Å². The zero-order valence-corrected chi connectivity index (χ0v) is 18.0. The molecule has 0 radical (unpaired) electrons. The zero-order chi connectivity index (χ0) is 20.8. The quantitative estimate of drug-likeness (QED) is 0.535. The Morgan fingerprint density at radius 1 is 1.13 bits per heavy atom. The molecule has 1 saturated heterocycles. The Morgan fingerprint density at radius 3 is 2.53 bits per heavy atom. The minimum atomic E-state index is -0.133. The number of nitrogens with one attached hydrogen (secondary N) is 2. The Morgan fingerprint density at radius 2 is 1.87 bits per heavy atom. The van der Waals surface area contributed by atoms with Crippen molar-refractivity contribution in [1.82, 2.24) is 20.5 Å². The molecule has 0 saturated carbocycles. The first-order valence-corrected chi connectivity index (χ1v) is 11.2. The number of amides is 1. The molecule has 1 fully saturated rings. The third-order valence-electron chi connectivity index (χ3n) is 5.48. The number of nitrogens with zero attached hydrogens (tertiary/aromatic N) is 2. The molecule has 0 unspecified atom stereocenters. The molecule has 2 N–H and O–H groups in total. The summed E-state index contributed by atoms with van der Waals surface area (Å²) in [6.07, 6.45) is 3.23. The Kier molecular flexibility index (Phi) is 6.72. The zero-order valence-electron chi connectivity index (χ0n) is 16.4. The maximum atomic E-state index is 12.8. The number of H-pyrrole nitrogens is 1. The lowest BCUT2D eigenvalue weighted by Crippen LogP contribution is -2.44. The van der Waals surface area contributed by atoms with Crippen molar-refractivity contribution in [3.63, 3.8) is 0 Å². The Labute approximate surface area is 184 Å². The van der Waals surface area contributed by atoms with Crippen LogP contribution < -0.4 is 5.32 Å². The molecule has 0 spiro atoms. The number of hydrogen-bond acceptors (Lipinski definition) is 5. The monoisotopic (exact) mass is 442 g/mol. The lowest BCUT2D eigenvalue weighted by molar-refractivity contribution is 0.0487. The highest BCUT2D eigenvalue weighted by Crippen LogP contribution is 2.35. The van der Waals surface area contributed by atoms with Crippen LogP contribution in [0.5, 0.6) is 0 Å². The molecule has 8 heteroatoms. The van der Waals surface area contributed by atoms with Crippen LogP contribution in [0.25, 0.3) is 0 Å². The first kappa shape index (κ1) is 20.9. The molecule has 2 aromatic carbocycles. The second-order valence-corrected chi connectivity index (χ2v) is 8.76. The molecule has 6 nitrogen and oxygen atoms in total. The van der Waals surface area contributed by atoms with E-state index in [1.807, 2.05) is 36.4 Å². The highest BCUT2D eigenvalue weighted by Gasteiger charge is 2.34. The van der Waals surface area contributed by atoms with Crippen molar-refractivity contribution in [3.8, 4) is 0 Å². The predicted molar refractivity (Wildman–Crippen MR) is 118 cm³/mol. The van der Waals surface area contributed by atoms with Crippen molar-refractivity contribution >= 4 is 29.3 Å². The minimum Gasteiger partial charge on any atom is -0.381 e. The van der Waals surface area contributed by atoms with Crippen LogP contribution in [-0.4, -0.2) is 40.8 Å². The molecular formula is C22H23ClN4O2S. The van der Waals surface area contributed by atoms with Crippen LogP contribution in [0.3, 0.4) is 0 Å². The van der Waals surface area contributed by atoms with E-state index in [4.69, 9.17) is 16.3 Å². The third kappa shape index (κ3) is 5.03. The lowest BCUT2D eigenvalue weighted by atomic mass is 9.74. The van der Waals surface area contributed by atoms with Crippen molar-refractivity contribution in [2.24, 2.45) is 0 Å². The molecule has 3 aromatic rings. The summed E-state index contributed by atoms with van der Waals surface area (Å²) >= 11 is 7.63. The van der Waals surface area contributed by atoms with Gasteiger partial charge in [0.25, 0.3) is 5.91 Å². The Balaban J connectivity index is 1.39. The van der Waals surface area contributed by atoms with E-state index >= 15 is 0 Å². The molecule has 1 amide bonds. The van der Waals surface area contributed by atoms with E-state index in [9.17, 15) is 4.79 Å². The molecule has 4 rings (SSSR count). The summed E-state index contributed by atoms with van der Waals surface area (Å²) in [6, 6.07) is 15.6. The average molecular weight is 443 g/mol. The molecule has 156 valence electrons. The first-order chi connectivity index (χ1) is 14.6. The summed E-state index contributed by atoms with van der Waals surface area (Å²) in [5.41, 5.74) is 2.83. The molecule has 1 aromatic heterocycles. The summed E-state index contributed by atoms with van der Waals surface area (Å²) < 4.78 is 5.57. The summed E-state index contributed by atoms with van der Waals surface area (Å²) in [7, 11) is 0. The highest BCUT2D eigenvalue weighted by atomic mass is 35.5. The fraction of sp³-hybridized carbons (Fsp3) is 0.318. The van der Waals surface area contributed by atoms with Crippen LogP contribution in [0.15, 0.2) is 60.0 Å². The molecule has 2 heterocycles. The van der Waals surface area contributed by atoms with Gasteiger partial charge in [0.2, 0.25) is 0 Å². The van der Waals surface area contributed by atoms with Gasteiger partial charge >= 0.3 is 0 Å². The van der Waals surface area contributed by atoms with E-state index in [1.165, 1.54) is 11.9 Å². The fourth-order valence-electron chi connectivity index (χ4n) is 3.65. The number of aromatic amines is 1. The molecule has 30 heavy (non-hydrogen) atoms. The summed E-state index contributed by atoms with van der Waals surface area (Å²) in [4.78, 5) is 16.9. The third-order valence-corrected chi connectivity index (χ3v) is 6.68. The number of halogens is 1. The normalized spacial score (nSPS) is 15.6. The molecule has 0 aliphatic carbocycles. The van der Waals surface area contributed by atoms with Gasteiger partial charge in [0.05, 0.1) is 0 Å². The van der Waals surface area contributed by atoms with Gasteiger partial charge in [-0.1, -0.05) is 47.6 Å². The topological polar surface area (TPSA) is 79.9 Å². The smallest absolute Gasteiger partial charge is 0.251 e. The van der Waals surface area contributed by atoms with Gasteiger partial charge in [-0.2, -0.15) is 5.10 Å². The number of carbonyl (C=O) groups excluding carboxylic acids is 1. The van der Waals surface area contributed by atoms with E-state index in [0.29, 0.717) is 30.3 Å². The maximum absolute atomic E-state index is 12.8.